The first-order chi connectivity index (χ1) is 8.46. The number of halogens is 1. The molecule has 2 N–H and O–H groups in total. The SMILES string of the molecule is CCOC(=O)Nc1ccc(NS(=O)(=O)CBr)cc1. The zero-order valence-corrected chi connectivity index (χ0v) is 12.0. The van der Waals surface area contributed by atoms with Crippen LogP contribution >= 0.6 is 15.9 Å². The van der Waals surface area contributed by atoms with Crippen molar-refractivity contribution in [3.05, 3.63) is 24.3 Å². The molecule has 100 valence electrons. The molecule has 0 unspecified atom stereocenters. The number of hydrogen-bond acceptors (Lipinski definition) is 4. The lowest BCUT2D eigenvalue weighted by Crippen LogP contribution is -2.14. The summed E-state index contributed by atoms with van der Waals surface area (Å²) in [7, 11) is -3.36. The van der Waals surface area contributed by atoms with Crippen LogP contribution in [-0.2, 0) is 14.8 Å². The monoisotopic (exact) mass is 336 g/mol. The molecule has 6 nitrogen and oxygen atoms in total. The van der Waals surface area contributed by atoms with Crippen molar-refractivity contribution in [1.29, 1.82) is 0 Å². The van der Waals surface area contributed by atoms with E-state index in [4.69, 9.17) is 4.74 Å². The highest BCUT2D eigenvalue weighted by atomic mass is 79.9. The molecule has 1 aromatic carbocycles. The molecule has 8 heteroatoms. The molecule has 0 saturated carbocycles. The highest BCUT2D eigenvalue weighted by molar-refractivity contribution is 9.10. The lowest BCUT2D eigenvalue weighted by molar-refractivity contribution is 0.168. The van der Waals surface area contributed by atoms with Gasteiger partial charge in [0, 0.05) is 11.4 Å². The van der Waals surface area contributed by atoms with Gasteiger partial charge < -0.3 is 4.74 Å². The number of hydrogen-bond donors (Lipinski definition) is 2. The summed E-state index contributed by atoms with van der Waals surface area (Å²) in [6.45, 7) is 1.99. The normalized spacial score (nSPS) is 10.8. The van der Waals surface area contributed by atoms with Gasteiger partial charge in [0.25, 0.3) is 0 Å². The molecule has 1 rings (SSSR count). The number of carbonyl (C=O) groups excluding carboxylic acids is 1. The third kappa shape index (κ3) is 4.92. The van der Waals surface area contributed by atoms with Crippen LogP contribution in [0.25, 0.3) is 0 Å². The number of sulfonamides is 1. The fraction of sp³-hybridized carbons (Fsp3) is 0.300. The number of amides is 1. The van der Waals surface area contributed by atoms with Crippen LogP contribution in [0, 0.1) is 0 Å². The lowest BCUT2D eigenvalue weighted by atomic mass is 10.3. The Hall–Kier alpha value is -1.28. The van der Waals surface area contributed by atoms with Gasteiger partial charge in [-0.3, -0.25) is 10.0 Å². The molecular formula is C10H13BrN2O4S. The van der Waals surface area contributed by atoms with E-state index >= 15 is 0 Å². The molecule has 1 aromatic rings. The van der Waals surface area contributed by atoms with Crippen LogP contribution in [0.1, 0.15) is 6.92 Å². The van der Waals surface area contributed by atoms with E-state index < -0.39 is 16.1 Å². The zero-order chi connectivity index (χ0) is 13.6. The Kier molecular flexibility index (Phi) is 5.42. The molecule has 0 heterocycles. The summed E-state index contributed by atoms with van der Waals surface area (Å²) < 4.78 is 29.4. The van der Waals surface area contributed by atoms with E-state index in [0.29, 0.717) is 11.4 Å². The van der Waals surface area contributed by atoms with Crippen LogP contribution < -0.4 is 10.0 Å². The molecule has 0 bridgehead atoms. The Morgan fingerprint density at radius 2 is 1.83 bits per heavy atom. The predicted molar refractivity (Wildman–Crippen MR) is 73.4 cm³/mol. The van der Waals surface area contributed by atoms with Gasteiger partial charge in [-0.15, -0.1) is 0 Å². The van der Waals surface area contributed by atoms with Gasteiger partial charge in [0.1, 0.15) is 4.66 Å². The second-order valence-electron chi connectivity index (χ2n) is 3.25. The van der Waals surface area contributed by atoms with Crippen molar-refractivity contribution in [3.63, 3.8) is 0 Å². The molecule has 0 aliphatic heterocycles. The topological polar surface area (TPSA) is 84.5 Å². The van der Waals surface area contributed by atoms with Crippen molar-refractivity contribution in [2.75, 3.05) is 21.3 Å². The van der Waals surface area contributed by atoms with E-state index in [0.717, 1.165) is 0 Å². The van der Waals surface area contributed by atoms with Gasteiger partial charge in [0.15, 0.2) is 0 Å². The summed E-state index contributed by atoms with van der Waals surface area (Å²) in [5.74, 6) is 0. The molecular weight excluding hydrogens is 324 g/mol. The second kappa shape index (κ2) is 6.60. The predicted octanol–water partition coefficient (Wildman–Crippen LogP) is 2.35. The number of carbonyl (C=O) groups is 1. The summed E-state index contributed by atoms with van der Waals surface area (Å²) in [6, 6.07) is 6.23. The smallest absolute Gasteiger partial charge is 0.411 e. The van der Waals surface area contributed by atoms with Crippen molar-refractivity contribution < 1.29 is 17.9 Å². The third-order valence-electron chi connectivity index (χ3n) is 1.82. The third-order valence-corrected chi connectivity index (χ3v) is 4.47. The fourth-order valence-corrected chi connectivity index (χ4v) is 2.01. The molecule has 1 amide bonds. The molecule has 18 heavy (non-hydrogen) atoms. The summed E-state index contributed by atoms with van der Waals surface area (Å²) in [6.07, 6.45) is -0.550. The van der Waals surface area contributed by atoms with Crippen molar-refractivity contribution in [2.24, 2.45) is 0 Å². The van der Waals surface area contributed by atoms with Gasteiger partial charge in [-0.25, -0.2) is 13.2 Å². The van der Waals surface area contributed by atoms with Crippen LogP contribution in [0.5, 0.6) is 0 Å². The van der Waals surface area contributed by atoms with E-state index in [1.54, 1.807) is 31.2 Å². The average molecular weight is 337 g/mol. The van der Waals surface area contributed by atoms with E-state index in [1.165, 1.54) is 0 Å². The van der Waals surface area contributed by atoms with E-state index in [1.807, 2.05) is 0 Å². The Bertz CT molecular complexity index is 501. The van der Waals surface area contributed by atoms with Crippen LogP contribution in [-0.4, -0.2) is 25.8 Å². The Balaban J connectivity index is 2.66. The van der Waals surface area contributed by atoms with Gasteiger partial charge in [-0.1, -0.05) is 15.9 Å². The number of alkyl halides is 1. The maximum Gasteiger partial charge on any atom is 0.411 e. The quantitative estimate of drug-likeness (QED) is 0.808. The van der Waals surface area contributed by atoms with E-state index in [9.17, 15) is 13.2 Å². The first-order valence-electron chi connectivity index (χ1n) is 5.07. The Labute approximate surface area is 114 Å². The second-order valence-corrected chi connectivity index (χ2v) is 6.27. The summed E-state index contributed by atoms with van der Waals surface area (Å²) in [5.41, 5.74) is 0.944. The van der Waals surface area contributed by atoms with Gasteiger partial charge in [-0.2, -0.15) is 0 Å². The van der Waals surface area contributed by atoms with Crippen LogP contribution in [0.3, 0.4) is 0 Å². The lowest BCUT2D eigenvalue weighted by Gasteiger charge is -2.07. The average Bonchev–Trinajstić information content (AvgIpc) is 2.32. The largest absolute Gasteiger partial charge is 0.450 e. The standard InChI is InChI=1S/C10H13BrN2O4S/c1-2-17-10(14)12-8-3-5-9(6-4-8)13-18(15,16)7-11/h3-6,13H,2,7H2,1H3,(H,12,14). The maximum absolute atomic E-state index is 11.3. The summed E-state index contributed by atoms with van der Waals surface area (Å²) in [4.78, 5) is 11.1. The number of ether oxygens (including phenoxy) is 1. The van der Waals surface area contributed by atoms with Crippen LogP contribution in [0.2, 0.25) is 0 Å². The van der Waals surface area contributed by atoms with Gasteiger partial charge in [0.2, 0.25) is 10.0 Å². The molecule has 0 saturated heterocycles. The number of nitrogens with one attached hydrogen (secondary N) is 2. The summed E-state index contributed by atoms with van der Waals surface area (Å²) in [5, 5.41) is 2.50. The number of anilines is 2. The molecule has 0 aliphatic carbocycles. The first kappa shape index (κ1) is 14.8. The van der Waals surface area contributed by atoms with Crippen LogP contribution in [0.15, 0.2) is 24.3 Å². The molecule has 0 atom stereocenters. The fourth-order valence-electron chi connectivity index (χ4n) is 1.11. The van der Waals surface area contributed by atoms with Gasteiger partial charge in [0.05, 0.1) is 6.61 Å². The number of benzene rings is 1. The minimum atomic E-state index is -3.36. The van der Waals surface area contributed by atoms with Crippen LogP contribution in [0.4, 0.5) is 16.2 Å². The Morgan fingerprint density at radius 1 is 1.28 bits per heavy atom. The van der Waals surface area contributed by atoms with Gasteiger partial charge in [-0.05, 0) is 31.2 Å². The van der Waals surface area contributed by atoms with Crippen molar-refractivity contribution in [3.8, 4) is 0 Å². The maximum atomic E-state index is 11.3. The van der Waals surface area contributed by atoms with E-state index in [2.05, 4.69) is 26.0 Å². The van der Waals surface area contributed by atoms with Crippen molar-refractivity contribution >= 4 is 43.4 Å². The van der Waals surface area contributed by atoms with Crippen molar-refractivity contribution in [2.45, 2.75) is 6.92 Å². The molecule has 0 aliphatic rings. The first-order valence-corrected chi connectivity index (χ1v) is 7.84. The molecule has 0 aromatic heterocycles. The summed E-state index contributed by atoms with van der Waals surface area (Å²) >= 11 is 2.87. The Morgan fingerprint density at radius 3 is 2.33 bits per heavy atom. The van der Waals surface area contributed by atoms with Crippen molar-refractivity contribution in [1.82, 2.24) is 0 Å². The molecule has 0 fully saturated rings. The number of rotatable bonds is 5. The highest BCUT2D eigenvalue weighted by Gasteiger charge is 2.07. The van der Waals surface area contributed by atoms with Gasteiger partial charge >= 0.3 is 6.09 Å². The minimum absolute atomic E-state index is 0.178. The minimum Gasteiger partial charge on any atom is -0.450 e. The molecule has 0 spiro atoms. The van der Waals surface area contributed by atoms with E-state index in [-0.39, 0.29) is 11.3 Å². The zero-order valence-electron chi connectivity index (χ0n) is 9.64. The highest BCUT2D eigenvalue weighted by Crippen LogP contribution is 2.15. The molecule has 0 radical (unpaired) electrons.